The van der Waals surface area contributed by atoms with E-state index in [-0.39, 0.29) is 28.8 Å². The maximum absolute atomic E-state index is 14.8. The number of fused-ring (bicyclic) bond motifs is 1. The van der Waals surface area contributed by atoms with Crippen molar-refractivity contribution >= 4 is 28.7 Å². The van der Waals surface area contributed by atoms with Gasteiger partial charge in [0, 0.05) is 45.3 Å². The molecule has 1 aliphatic rings. The minimum Gasteiger partial charge on any atom is -0.353 e. The van der Waals surface area contributed by atoms with E-state index in [0.717, 1.165) is 37.0 Å². The number of rotatable bonds is 6. The van der Waals surface area contributed by atoms with Crippen LogP contribution in [-0.4, -0.2) is 42.7 Å². The minimum atomic E-state index is -0.539. The fourth-order valence-electron chi connectivity index (χ4n) is 4.81. The Balaban J connectivity index is 1.45. The first kappa shape index (κ1) is 24.3. The molecule has 1 saturated heterocycles. The largest absolute Gasteiger partial charge is 0.353 e. The van der Waals surface area contributed by atoms with Gasteiger partial charge in [0.15, 0.2) is 11.2 Å². The number of halogens is 2. The lowest BCUT2D eigenvalue weighted by Gasteiger charge is -2.32. The van der Waals surface area contributed by atoms with Gasteiger partial charge in [0.2, 0.25) is 5.95 Å². The molecule has 1 N–H and O–H groups in total. The highest BCUT2D eigenvalue weighted by Crippen LogP contribution is 2.25. The second-order valence-electron chi connectivity index (χ2n) is 9.29. The number of likely N-dealkylation sites (tertiary alicyclic amines) is 1. The lowest BCUT2D eigenvalue weighted by molar-refractivity contribution is 0.211. The summed E-state index contributed by atoms with van der Waals surface area (Å²) in [5, 5.41) is 3.49. The molecule has 0 bridgehead atoms. The predicted octanol–water partition coefficient (Wildman–Crippen LogP) is 3.35. The summed E-state index contributed by atoms with van der Waals surface area (Å²) in [6.45, 7) is 2.77. The first-order chi connectivity index (χ1) is 17.3. The maximum Gasteiger partial charge on any atom is 0.332 e. The van der Waals surface area contributed by atoms with Gasteiger partial charge in [-0.1, -0.05) is 54.1 Å². The summed E-state index contributed by atoms with van der Waals surface area (Å²) in [6.07, 6.45) is 1.77. The molecule has 4 aromatic rings. The smallest absolute Gasteiger partial charge is 0.332 e. The molecule has 2 aromatic carbocycles. The maximum atomic E-state index is 14.8. The van der Waals surface area contributed by atoms with Crippen molar-refractivity contribution in [3.63, 3.8) is 0 Å². The third-order valence-electron chi connectivity index (χ3n) is 6.88. The molecule has 2 aromatic heterocycles. The average Bonchev–Trinajstić information content (AvgIpc) is 3.24. The summed E-state index contributed by atoms with van der Waals surface area (Å²) in [5.41, 5.74) is 1.17. The topological polar surface area (TPSA) is 77.1 Å². The number of imidazole rings is 1. The Kier molecular flexibility index (Phi) is 6.68. The number of piperidine rings is 1. The first-order valence-electron chi connectivity index (χ1n) is 12.0. The van der Waals surface area contributed by atoms with Crippen molar-refractivity contribution in [2.24, 2.45) is 14.1 Å². The third kappa shape index (κ3) is 4.56. The van der Waals surface area contributed by atoms with Gasteiger partial charge in [0.25, 0.3) is 5.56 Å². The molecular formula is C26H28ClFN6O2. The van der Waals surface area contributed by atoms with E-state index in [1.54, 1.807) is 23.7 Å². The van der Waals surface area contributed by atoms with Crippen LogP contribution in [0.4, 0.5) is 10.3 Å². The molecule has 36 heavy (non-hydrogen) atoms. The van der Waals surface area contributed by atoms with Gasteiger partial charge < -0.3 is 5.32 Å². The van der Waals surface area contributed by atoms with Gasteiger partial charge in [0.05, 0.1) is 11.6 Å². The number of aryl methyl sites for hydroxylation is 1. The molecule has 0 atom stereocenters. The number of aromatic nitrogens is 4. The standard InChI is InChI=1S/C26H28ClFN6O2/c1-31-23-22(24(35)32(2)26(31)36)34(16-18-9-6-10-20(27)21(18)28)25(30-23)29-19-11-13-33(14-12-19)15-17-7-4-3-5-8-17/h3-10,19H,11-16H2,1-2H3,(H,29,30). The third-order valence-corrected chi connectivity index (χ3v) is 7.17. The Hall–Kier alpha value is -3.43. The Morgan fingerprint density at radius 1 is 1.00 bits per heavy atom. The summed E-state index contributed by atoms with van der Waals surface area (Å²) in [5.74, 6) is -0.105. The molecule has 0 unspecified atom stereocenters. The van der Waals surface area contributed by atoms with Crippen LogP contribution in [0.15, 0.2) is 58.1 Å². The van der Waals surface area contributed by atoms with Crippen LogP contribution in [0.2, 0.25) is 5.02 Å². The van der Waals surface area contributed by atoms with Crippen LogP contribution in [0, 0.1) is 5.82 Å². The van der Waals surface area contributed by atoms with Crippen molar-refractivity contribution in [3.05, 3.63) is 91.3 Å². The Labute approximate surface area is 212 Å². The molecule has 0 saturated carbocycles. The van der Waals surface area contributed by atoms with E-state index in [4.69, 9.17) is 11.6 Å². The van der Waals surface area contributed by atoms with Crippen molar-refractivity contribution < 1.29 is 4.39 Å². The van der Waals surface area contributed by atoms with Crippen LogP contribution in [0.5, 0.6) is 0 Å². The Morgan fingerprint density at radius 3 is 2.44 bits per heavy atom. The second-order valence-corrected chi connectivity index (χ2v) is 9.70. The normalized spacial score (nSPS) is 15.0. The second kappa shape index (κ2) is 9.91. The SMILES string of the molecule is Cn1c(=O)c2c(nc(NC3CCN(Cc4ccccc4)CC3)n2Cc2cccc(Cl)c2F)n(C)c1=O. The molecule has 0 amide bonds. The van der Waals surface area contributed by atoms with E-state index in [2.05, 4.69) is 39.5 Å². The summed E-state index contributed by atoms with van der Waals surface area (Å²) in [7, 11) is 3.00. The Bertz CT molecular complexity index is 1520. The van der Waals surface area contributed by atoms with Crippen molar-refractivity contribution in [1.29, 1.82) is 0 Å². The number of hydrogen-bond donors (Lipinski definition) is 1. The highest BCUT2D eigenvalue weighted by atomic mass is 35.5. The fraction of sp³-hybridized carbons (Fsp3) is 0.346. The van der Waals surface area contributed by atoms with Gasteiger partial charge in [-0.15, -0.1) is 0 Å². The monoisotopic (exact) mass is 510 g/mol. The summed E-state index contributed by atoms with van der Waals surface area (Å²) >= 11 is 6.01. The van der Waals surface area contributed by atoms with Gasteiger partial charge in [0.1, 0.15) is 5.82 Å². The molecule has 10 heteroatoms. The average molecular weight is 511 g/mol. The van der Waals surface area contributed by atoms with Gasteiger partial charge >= 0.3 is 5.69 Å². The molecule has 0 spiro atoms. The van der Waals surface area contributed by atoms with Crippen molar-refractivity contribution in [2.75, 3.05) is 18.4 Å². The summed E-state index contributed by atoms with van der Waals surface area (Å²) < 4.78 is 18.8. The van der Waals surface area contributed by atoms with Crippen molar-refractivity contribution in [3.8, 4) is 0 Å². The van der Waals surface area contributed by atoms with Crippen molar-refractivity contribution in [2.45, 2.75) is 32.0 Å². The van der Waals surface area contributed by atoms with Crippen LogP contribution < -0.4 is 16.6 Å². The Morgan fingerprint density at radius 2 is 1.72 bits per heavy atom. The van der Waals surface area contributed by atoms with Crippen molar-refractivity contribution in [1.82, 2.24) is 23.6 Å². The fourth-order valence-corrected chi connectivity index (χ4v) is 5.01. The highest BCUT2D eigenvalue weighted by molar-refractivity contribution is 6.30. The van der Waals surface area contributed by atoms with Crippen LogP contribution in [0.1, 0.15) is 24.0 Å². The highest BCUT2D eigenvalue weighted by Gasteiger charge is 2.24. The van der Waals surface area contributed by atoms with E-state index < -0.39 is 17.1 Å². The molecule has 8 nitrogen and oxygen atoms in total. The predicted molar refractivity (Wildman–Crippen MR) is 139 cm³/mol. The van der Waals surface area contributed by atoms with Gasteiger partial charge in [-0.2, -0.15) is 4.98 Å². The molecule has 0 aliphatic carbocycles. The van der Waals surface area contributed by atoms with E-state index >= 15 is 0 Å². The lowest BCUT2D eigenvalue weighted by atomic mass is 10.0. The van der Waals surface area contributed by atoms with E-state index in [1.165, 1.54) is 23.2 Å². The summed E-state index contributed by atoms with van der Waals surface area (Å²) in [6, 6.07) is 15.3. The van der Waals surface area contributed by atoms with E-state index in [0.29, 0.717) is 11.5 Å². The molecule has 188 valence electrons. The number of nitrogens with one attached hydrogen (secondary N) is 1. The number of benzene rings is 2. The van der Waals surface area contributed by atoms with Crippen LogP contribution >= 0.6 is 11.6 Å². The van der Waals surface area contributed by atoms with Crippen LogP contribution in [0.25, 0.3) is 11.2 Å². The number of hydrogen-bond acceptors (Lipinski definition) is 5. The number of nitrogens with zero attached hydrogens (tertiary/aromatic N) is 5. The molecule has 3 heterocycles. The van der Waals surface area contributed by atoms with E-state index in [1.807, 2.05) is 6.07 Å². The molecule has 0 radical (unpaired) electrons. The zero-order chi connectivity index (χ0) is 25.4. The molecular weight excluding hydrogens is 483 g/mol. The first-order valence-corrected chi connectivity index (χ1v) is 12.3. The lowest BCUT2D eigenvalue weighted by Crippen LogP contribution is -2.39. The van der Waals surface area contributed by atoms with Crippen LogP contribution in [-0.2, 0) is 27.2 Å². The molecule has 1 fully saturated rings. The van der Waals surface area contributed by atoms with Gasteiger partial charge in [-0.25, -0.2) is 9.18 Å². The molecule has 1 aliphatic heterocycles. The minimum absolute atomic E-state index is 0.0116. The molecule has 5 rings (SSSR count). The van der Waals surface area contributed by atoms with Gasteiger partial charge in [-0.05, 0) is 24.5 Å². The zero-order valence-corrected chi connectivity index (χ0v) is 21.0. The van der Waals surface area contributed by atoms with Gasteiger partial charge in [-0.3, -0.25) is 23.4 Å². The number of anilines is 1. The van der Waals surface area contributed by atoms with Crippen LogP contribution in [0.3, 0.4) is 0 Å². The quantitative estimate of drug-likeness (QED) is 0.430. The summed E-state index contributed by atoms with van der Waals surface area (Å²) in [4.78, 5) is 32.7. The zero-order valence-electron chi connectivity index (χ0n) is 20.2. The van der Waals surface area contributed by atoms with E-state index in [9.17, 15) is 14.0 Å².